The van der Waals surface area contributed by atoms with Crippen LogP contribution in [0, 0.1) is 12.7 Å². The molecule has 0 fully saturated rings. The van der Waals surface area contributed by atoms with E-state index in [2.05, 4.69) is 10.3 Å². The van der Waals surface area contributed by atoms with Crippen molar-refractivity contribution in [1.29, 1.82) is 0 Å². The van der Waals surface area contributed by atoms with Gasteiger partial charge in [0.1, 0.15) is 11.5 Å². The van der Waals surface area contributed by atoms with Crippen LogP contribution in [-0.4, -0.2) is 21.3 Å². The Morgan fingerprint density at radius 3 is 2.57 bits per heavy atom. The van der Waals surface area contributed by atoms with Crippen LogP contribution in [0.15, 0.2) is 48.5 Å². The van der Waals surface area contributed by atoms with Gasteiger partial charge in [0, 0.05) is 5.56 Å². The highest BCUT2D eigenvalue weighted by Gasteiger charge is 2.15. The smallest absolute Gasteiger partial charge is 0.172 e. The van der Waals surface area contributed by atoms with Crippen molar-refractivity contribution in [2.75, 3.05) is 0 Å². The minimum atomic E-state index is -0.327. The number of benzene rings is 2. The number of aromatic nitrogens is 3. The lowest BCUT2D eigenvalue weighted by Crippen LogP contribution is -2.00. The van der Waals surface area contributed by atoms with Crippen molar-refractivity contribution in [3.63, 3.8) is 0 Å². The van der Waals surface area contributed by atoms with Crippen LogP contribution in [-0.2, 0) is 0 Å². The monoisotopic (exact) mass is 281 g/mol. The van der Waals surface area contributed by atoms with Gasteiger partial charge in [0.25, 0.3) is 0 Å². The Kier molecular flexibility index (Phi) is 3.31. The number of hydrogen-bond donors (Lipinski definition) is 0. The maximum Gasteiger partial charge on any atom is 0.172 e. The van der Waals surface area contributed by atoms with Crippen LogP contribution in [0.1, 0.15) is 16.1 Å². The molecule has 0 amide bonds. The van der Waals surface area contributed by atoms with Crippen molar-refractivity contribution in [2.24, 2.45) is 0 Å². The summed E-state index contributed by atoms with van der Waals surface area (Å²) in [5.74, 6) is -0.327. The van der Waals surface area contributed by atoms with Gasteiger partial charge in [-0.15, -0.1) is 5.10 Å². The number of carbonyl (C=O) groups is 1. The van der Waals surface area contributed by atoms with Crippen LogP contribution < -0.4 is 0 Å². The zero-order valence-corrected chi connectivity index (χ0v) is 11.3. The van der Waals surface area contributed by atoms with E-state index < -0.39 is 0 Å². The molecule has 21 heavy (non-hydrogen) atoms. The summed E-state index contributed by atoms with van der Waals surface area (Å²) in [6, 6.07) is 13.6. The Morgan fingerprint density at radius 2 is 1.90 bits per heavy atom. The number of carbonyl (C=O) groups excluding carboxylic acids is 1. The molecular weight excluding hydrogens is 269 g/mol. The second kappa shape index (κ2) is 5.28. The lowest BCUT2D eigenvalue weighted by Gasteiger charge is -2.07. The molecule has 5 heteroatoms. The molecule has 1 heterocycles. The molecule has 0 spiro atoms. The van der Waals surface area contributed by atoms with Crippen molar-refractivity contribution in [1.82, 2.24) is 15.0 Å². The number of rotatable bonds is 3. The fourth-order valence-corrected chi connectivity index (χ4v) is 2.20. The molecule has 2 aromatic carbocycles. The van der Waals surface area contributed by atoms with Crippen LogP contribution in [0.25, 0.3) is 16.9 Å². The van der Waals surface area contributed by atoms with Crippen LogP contribution in [0.4, 0.5) is 4.39 Å². The third kappa shape index (κ3) is 2.45. The topological polar surface area (TPSA) is 47.8 Å². The Labute approximate surface area is 120 Å². The highest BCUT2D eigenvalue weighted by atomic mass is 19.1. The van der Waals surface area contributed by atoms with Crippen LogP contribution in [0.3, 0.4) is 0 Å². The number of aryl methyl sites for hydroxylation is 1. The van der Waals surface area contributed by atoms with Gasteiger partial charge in [-0.05, 0) is 37.3 Å². The van der Waals surface area contributed by atoms with E-state index in [1.165, 1.54) is 16.8 Å². The summed E-state index contributed by atoms with van der Waals surface area (Å²) in [7, 11) is 0. The number of halogens is 1. The van der Waals surface area contributed by atoms with Gasteiger partial charge in [0.05, 0.1) is 5.69 Å². The average Bonchev–Trinajstić information content (AvgIpc) is 2.92. The molecular formula is C16H12FN3O. The van der Waals surface area contributed by atoms with Gasteiger partial charge in [-0.2, -0.15) is 0 Å². The van der Waals surface area contributed by atoms with Gasteiger partial charge in [0.2, 0.25) is 0 Å². The van der Waals surface area contributed by atoms with Crippen LogP contribution in [0.2, 0.25) is 0 Å². The molecule has 3 rings (SSSR count). The lowest BCUT2D eigenvalue weighted by atomic mass is 10.1. The standard InChI is InChI=1S/C16H12FN3O/c1-11-3-2-4-12(9-11)16-15(10-21)18-19-20(16)14-7-5-13(17)6-8-14/h2-10H,1H3. The summed E-state index contributed by atoms with van der Waals surface area (Å²) >= 11 is 0. The van der Waals surface area contributed by atoms with E-state index in [1.807, 2.05) is 31.2 Å². The Balaban J connectivity index is 2.21. The van der Waals surface area contributed by atoms with Gasteiger partial charge in [-0.3, -0.25) is 4.79 Å². The Morgan fingerprint density at radius 1 is 1.14 bits per heavy atom. The predicted octanol–water partition coefficient (Wildman–Crippen LogP) is 3.19. The average molecular weight is 281 g/mol. The molecule has 0 aliphatic rings. The molecule has 3 aromatic rings. The molecule has 0 atom stereocenters. The van der Waals surface area contributed by atoms with Crippen LogP contribution in [0.5, 0.6) is 0 Å². The van der Waals surface area contributed by atoms with Crippen molar-refractivity contribution in [3.05, 3.63) is 65.6 Å². The molecule has 1 aromatic heterocycles. The van der Waals surface area contributed by atoms with E-state index >= 15 is 0 Å². The maximum absolute atomic E-state index is 13.0. The summed E-state index contributed by atoms with van der Waals surface area (Å²) < 4.78 is 14.6. The number of hydrogen-bond acceptors (Lipinski definition) is 3. The van der Waals surface area contributed by atoms with Crippen molar-refractivity contribution in [3.8, 4) is 16.9 Å². The van der Waals surface area contributed by atoms with Gasteiger partial charge in [-0.1, -0.05) is 29.0 Å². The first-order valence-electron chi connectivity index (χ1n) is 6.43. The van der Waals surface area contributed by atoms with Crippen LogP contribution >= 0.6 is 0 Å². The molecule has 104 valence electrons. The first kappa shape index (κ1) is 13.2. The SMILES string of the molecule is Cc1cccc(-c2c(C=O)nnn2-c2ccc(F)cc2)c1. The molecule has 0 aliphatic heterocycles. The van der Waals surface area contributed by atoms with Crippen molar-refractivity contribution >= 4 is 6.29 Å². The Hall–Kier alpha value is -2.82. The molecule has 0 saturated heterocycles. The molecule has 0 N–H and O–H groups in total. The minimum absolute atomic E-state index is 0.255. The highest BCUT2D eigenvalue weighted by Crippen LogP contribution is 2.25. The van der Waals surface area contributed by atoms with E-state index in [9.17, 15) is 9.18 Å². The van der Waals surface area contributed by atoms with Gasteiger partial charge in [0.15, 0.2) is 12.0 Å². The highest BCUT2D eigenvalue weighted by molar-refractivity contribution is 5.84. The van der Waals surface area contributed by atoms with E-state index in [-0.39, 0.29) is 11.5 Å². The van der Waals surface area contributed by atoms with Crippen molar-refractivity contribution in [2.45, 2.75) is 6.92 Å². The van der Waals surface area contributed by atoms with Crippen molar-refractivity contribution < 1.29 is 9.18 Å². The third-order valence-electron chi connectivity index (χ3n) is 3.17. The van der Waals surface area contributed by atoms with E-state index in [0.717, 1.165) is 11.1 Å². The zero-order valence-electron chi connectivity index (χ0n) is 11.3. The summed E-state index contributed by atoms with van der Waals surface area (Å²) in [5.41, 5.74) is 3.40. The number of aldehydes is 1. The van der Waals surface area contributed by atoms with Gasteiger partial charge < -0.3 is 0 Å². The Bertz CT molecular complexity index is 794. The van der Waals surface area contributed by atoms with Gasteiger partial charge in [-0.25, -0.2) is 9.07 Å². The summed E-state index contributed by atoms with van der Waals surface area (Å²) in [6.07, 6.45) is 0.671. The third-order valence-corrected chi connectivity index (χ3v) is 3.17. The normalized spacial score (nSPS) is 10.6. The summed E-state index contributed by atoms with van der Waals surface area (Å²) in [4.78, 5) is 11.2. The fraction of sp³-hybridized carbons (Fsp3) is 0.0625. The molecule has 0 saturated carbocycles. The maximum atomic E-state index is 13.0. The largest absolute Gasteiger partial charge is 0.296 e. The second-order valence-corrected chi connectivity index (χ2v) is 4.70. The van der Waals surface area contributed by atoms with E-state index in [1.54, 1.807) is 12.1 Å². The molecule has 4 nitrogen and oxygen atoms in total. The first-order valence-corrected chi connectivity index (χ1v) is 6.43. The second-order valence-electron chi connectivity index (χ2n) is 4.70. The molecule has 0 bridgehead atoms. The lowest BCUT2D eigenvalue weighted by molar-refractivity contribution is 0.111. The van der Waals surface area contributed by atoms with E-state index in [0.29, 0.717) is 17.7 Å². The summed E-state index contributed by atoms with van der Waals surface area (Å²) in [6.45, 7) is 1.97. The van der Waals surface area contributed by atoms with E-state index in [4.69, 9.17) is 0 Å². The van der Waals surface area contributed by atoms with Gasteiger partial charge >= 0.3 is 0 Å². The quantitative estimate of drug-likeness (QED) is 0.693. The first-order chi connectivity index (χ1) is 10.2. The molecule has 0 aliphatic carbocycles. The number of nitrogens with zero attached hydrogens (tertiary/aromatic N) is 3. The summed E-state index contributed by atoms with van der Waals surface area (Å²) in [5, 5.41) is 7.90. The minimum Gasteiger partial charge on any atom is -0.296 e. The fourth-order valence-electron chi connectivity index (χ4n) is 2.20. The predicted molar refractivity (Wildman–Crippen MR) is 76.9 cm³/mol. The molecule has 0 radical (unpaired) electrons. The molecule has 0 unspecified atom stereocenters. The zero-order chi connectivity index (χ0) is 14.8.